The van der Waals surface area contributed by atoms with Gasteiger partial charge in [0.1, 0.15) is 0 Å². The van der Waals surface area contributed by atoms with Crippen molar-refractivity contribution in [3.05, 3.63) is 29.8 Å². The fourth-order valence-electron chi connectivity index (χ4n) is 2.12. The molecule has 0 aromatic heterocycles. The zero-order valence-electron chi connectivity index (χ0n) is 8.89. The van der Waals surface area contributed by atoms with E-state index in [0.717, 1.165) is 18.7 Å². The minimum absolute atomic E-state index is 0.454. The van der Waals surface area contributed by atoms with Crippen molar-refractivity contribution in [3.63, 3.8) is 0 Å². The van der Waals surface area contributed by atoms with E-state index in [9.17, 15) is 5.11 Å². The summed E-state index contributed by atoms with van der Waals surface area (Å²) in [5.74, 6) is 0. The maximum atomic E-state index is 10.0. The van der Waals surface area contributed by atoms with Crippen LogP contribution in [0, 0.1) is 0 Å². The third-order valence-electron chi connectivity index (χ3n) is 2.98. The topological polar surface area (TPSA) is 49.5 Å². The van der Waals surface area contributed by atoms with Crippen molar-refractivity contribution in [2.75, 3.05) is 25.4 Å². The molecule has 2 rings (SSSR count). The van der Waals surface area contributed by atoms with Crippen molar-refractivity contribution in [2.45, 2.75) is 18.9 Å². The van der Waals surface area contributed by atoms with E-state index >= 15 is 0 Å². The molecular weight excluding hydrogens is 188 g/mol. The Labute approximate surface area is 90.5 Å². The first kappa shape index (κ1) is 10.5. The normalized spacial score (nSPS) is 19.3. The molecular formula is C12H18N2O. The first-order valence-electron chi connectivity index (χ1n) is 5.52. The number of nitrogen functional groups attached to an aromatic ring is 1. The van der Waals surface area contributed by atoms with Crippen molar-refractivity contribution >= 4 is 5.69 Å². The molecule has 3 nitrogen and oxygen atoms in total. The number of para-hydroxylation sites is 1. The predicted molar refractivity (Wildman–Crippen MR) is 61.5 cm³/mol. The SMILES string of the molecule is Nc1ccccc1C(O)CN1CCCC1. The van der Waals surface area contributed by atoms with Crippen LogP contribution in [0.3, 0.4) is 0 Å². The van der Waals surface area contributed by atoms with Gasteiger partial charge in [-0.05, 0) is 32.0 Å². The van der Waals surface area contributed by atoms with Crippen LogP contribution in [-0.4, -0.2) is 29.6 Å². The number of aliphatic hydroxyl groups excluding tert-OH is 1. The number of aliphatic hydroxyl groups is 1. The predicted octanol–water partition coefficient (Wildman–Crippen LogP) is 1.40. The van der Waals surface area contributed by atoms with Crippen LogP contribution in [0.15, 0.2) is 24.3 Å². The molecule has 1 saturated heterocycles. The average Bonchev–Trinajstić information content (AvgIpc) is 2.71. The van der Waals surface area contributed by atoms with Gasteiger partial charge in [-0.2, -0.15) is 0 Å². The van der Waals surface area contributed by atoms with Gasteiger partial charge in [-0.1, -0.05) is 18.2 Å². The number of rotatable bonds is 3. The van der Waals surface area contributed by atoms with E-state index in [0.29, 0.717) is 12.2 Å². The van der Waals surface area contributed by atoms with Crippen molar-refractivity contribution < 1.29 is 5.11 Å². The molecule has 15 heavy (non-hydrogen) atoms. The fraction of sp³-hybridized carbons (Fsp3) is 0.500. The zero-order chi connectivity index (χ0) is 10.7. The Kier molecular flexibility index (Phi) is 3.23. The van der Waals surface area contributed by atoms with Gasteiger partial charge in [-0.25, -0.2) is 0 Å². The Balaban J connectivity index is 2.00. The summed E-state index contributed by atoms with van der Waals surface area (Å²) in [4.78, 5) is 2.29. The van der Waals surface area contributed by atoms with Gasteiger partial charge in [0.2, 0.25) is 0 Å². The van der Waals surface area contributed by atoms with Crippen LogP contribution in [-0.2, 0) is 0 Å². The molecule has 1 unspecified atom stereocenters. The Hall–Kier alpha value is -1.06. The molecule has 1 aliphatic heterocycles. The molecule has 3 N–H and O–H groups in total. The molecule has 3 heteroatoms. The summed E-state index contributed by atoms with van der Waals surface area (Å²) in [5, 5.41) is 10.0. The van der Waals surface area contributed by atoms with Crippen molar-refractivity contribution in [1.82, 2.24) is 4.90 Å². The summed E-state index contributed by atoms with van der Waals surface area (Å²) >= 11 is 0. The maximum Gasteiger partial charge on any atom is 0.0936 e. The number of hydrogen-bond acceptors (Lipinski definition) is 3. The molecule has 82 valence electrons. The quantitative estimate of drug-likeness (QED) is 0.735. The summed E-state index contributed by atoms with van der Waals surface area (Å²) in [6.45, 7) is 2.90. The Morgan fingerprint density at radius 3 is 2.60 bits per heavy atom. The lowest BCUT2D eigenvalue weighted by Crippen LogP contribution is -2.25. The van der Waals surface area contributed by atoms with Crippen LogP contribution in [0.4, 0.5) is 5.69 Å². The molecule has 0 radical (unpaired) electrons. The first-order chi connectivity index (χ1) is 7.27. The Morgan fingerprint density at radius 1 is 1.27 bits per heavy atom. The molecule has 0 amide bonds. The highest BCUT2D eigenvalue weighted by atomic mass is 16.3. The number of likely N-dealkylation sites (tertiary alicyclic amines) is 1. The number of β-amino-alcohol motifs (C(OH)–C–C–N with tert-alkyl or cyclic N) is 1. The molecule has 0 saturated carbocycles. The maximum absolute atomic E-state index is 10.0. The number of hydrogen-bond donors (Lipinski definition) is 2. The molecule has 0 bridgehead atoms. The van der Waals surface area contributed by atoms with Gasteiger partial charge in [0.25, 0.3) is 0 Å². The van der Waals surface area contributed by atoms with Gasteiger partial charge < -0.3 is 15.7 Å². The van der Waals surface area contributed by atoms with Crippen molar-refractivity contribution in [3.8, 4) is 0 Å². The van der Waals surface area contributed by atoms with E-state index in [1.54, 1.807) is 0 Å². The lowest BCUT2D eigenvalue weighted by Gasteiger charge is -2.20. The number of nitrogens with two attached hydrogens (primary N) is 1. The largest absolute Gasteiger partial charge is 0.398 e. The lowest BCUT2D eigenvalue weighted by atomic mass is 10.1. The Bertz CT molecular complexity index is 321. The minimum atomic E-state index is -0.454. The third-order valence-corrected chi connectivity index (χ3v) is 2.98. The second kappa shape index (κ2) is 4.64. The summed E-state index contributed by atoms with van der Waals surface area (Å²) in [6, 6.07) is 7.54. The highest BCUT2D eigenvalue weighted by Gasteiger charge is 2.17. The van der Waals surface area contributed by atoms with Crippen LogP contribution in [0.5, 0.6) is 0 Å². The second-order valence-corrected chi connectivity index (χ2v) is 4.15. The molecule has 1 aromatic rings. The average molecular weight is 206 g/mol. The smallest absolute Gasteiger partial charge is 0.0936 e. The summed E-state index contributed by atoms with van der Waals surface area (Å²) in [5.41, 5.74) is 7.35. The summed E-state index contributed by atoms with van der Waals surface area (Å²) < 4.78 is 0. The molecule has 1 atom stereocenters. The van der Waals surface area contributed by atoms with Crippen LogP contribution in [0.25, 0.3) is 0 Å². The van der Waals surface area contributed by atoms with E-state index in [1.807, 2.05) is 24.3 Å². The minimum Gasteiger partial charge on any atom is -0.398 e. The van der Waals surface area contributed by atoms with E-state index in [-0.39, 0.29) is 0 Å². The zero-order valence-corrected chi connectivity index (χ0v) is 8.89. The van der Waals surface area contributed by atoms with Crippen molar-refractivity contribution in [2.24, 2.45) is 0 Å². The standard InChI is InChI=1S/C12H18N2O/c13-11-6-2-1-5-10(11)12(15)9-14-7-3-4-8-14/h1-2,5-6,12,15H,3-4,7-9,13H2. The second-order valence-electron chi connectivity index (χ2n) is 4.15. The molecule has 1 fully saturated rings. The van der Waals surface area contributed by atoms with E-state index in [2.05, 4.69) is 4.90 Å². The van der Waals surface area contributed by atoms with Gasteiger partial charge >= 0.3 is 0 Å². The molecule has 1 heterocycles. The van der Waals surface area contributed by atoms with Gasteiger partial charge in [-0.3, -0.25) is 0 Å². The Morgan fingerprint density at radius 2 is 1.93 bits per heavy atom. The number of anilines is 1. The lowest BCUT2D eigenvalue weighted by molar-refractivity contribution is 0.127. The number of nitrogens with zero attached hydrogens (tertiary/aromatic N) is 1. The number of benzene rings is 1. The van der Waals surface area contributed by atoms with Crippen molar-refractivity contribution in [1.29, 1.82) is 0 Å². The highest BCUT2D eigenvalue weighted by molar-refractivity contribution is 5.47. The van der Waals surface area contributed by atoms with E-state index < -0.39 is 6.10 Å². The molecule has 0 aliphatic carbocycles. The van der Waals surface area contributed by atoms with E-state index in [1.165, 1.54) is 12.8 Å². The van der Waals surface area contributed by atoms with E-state index in [4.69, 9.17) is 5.73 Å². The molecule has 1 aliphatic rings. The molecule has 0 spiro atoms. The van der Waals surface area contributed by atoms with Gasteiger partial charge in [-0.15, -0.1) is 0 Å². The first-order valence-corrected chi connectivity index (χ1v) is 5.52. The van der Waals surface area contributed by atoms with Crippen LogP contribution >= 0.6 is 0 Å². The van der Waals surface area contributed by atoms with Gasteiger partial charge in [0.15, 0.2) is 0 Å². The summed E-state index contributed by atoms with van der Waals surface area (Å²) in [6.07, 6.45) is 2.04. The van der Waals surface area contributed by atoms with Crippen LogP contribution in [0.1, 0.15) is 24.5 Å². The van der Waals surface area contributed by atoms with Crippen LogP contribution < -0.4 is 5.73 Å². The monoisotopic (exact) mass is 206 g/mol. The highest BCUT2D eigenvalue weighted by Crippen LogP contribution is 2.22. The fourth-order valence-corrected chi connectivity index (χ4v) is 2.12. The van der Waals surface area contributed by atoms with Gasteiger partial charge in [0, 0.05) is 17.8 Å². The van der Waals surface area contributed by atoms with Crippen LogP contribution in [0.2, 0.25) is 0 Å². The molecule has 1 aromatic carbocycles. The van der Waals surface area contributed by atoms with Gasteiger partial charge in [0.05, 0.1) is 6.10 Å². The third kappa shape index (κ3) is 2.49. The summed E-state index contributed by atoms with van der Waals surface area (Å²) in [7, 11) is 0.